The van der Waals surface area contributed by atoms with Crippen molar-refractivity contribution in [2.24, 2.45) is 5.10 Å². The number of hydrogen-bond donors (Lipinski definition) is 2. The van der Waals surface area contributed by atoms with Crippen molar-refractivity contribution in [2.45, 2.75) is 12.8 Å². The Labute approximate surface area is 143 Å². The Balaban J connectivity index is 1.36. The number of carbonyl (C=O) groups excluding carboxylic acids is 1. The molecule has 2 N–H and O–H groups in total. The summed E-state index contributed by atoms with van der Waals surface area (Å²) >= 11 is 1.54. The number of aromatic nitrogens is 1. The maximum absolute atomic E-state index is 12.0. The van der Waals surface area contributed by atoms with E-state index in [2.05, 4.69) is 26.9 Å². The number of carbonyl (C=O) groups is 1. The molecule has 0 spiro atoms. The van der Waals surface area contributed by atoms with E-state index in [-0.39, 0.29) is 12.5 Å². The highest BCUT2D eigenvalue weighted by Crippen LogP contribution is 2.25. The van der Waals surface area contributed by atoms with E-state index in [0.717, 1.165) is 39.5 Å². The van der Waals surface area contributed by atoms with E-state index in [1.54, 1.807) is 0 Å². The van der Waals surface area contributed by atoms with Crippen LogP contribution >= 0.6 is 11.3 Å². The van der Waals surface area contributed by atoms with Crippen molar-refractivity contribution < 1.29 is 4.79 Å². The first-order valence-corrected chi connectivity index (χ1v) is 8.64. The number of nitrogens with zero attached hydrogens (tertiary/aromatic N) is 2. The molecule has 1 amide bonds. The minimum absolute atomic E-state index is 0.151. The predicted molar refractivity (Wildman–Crippen MR) is 97.6 cm³/mol. The van der Waals surface area contributed by atoms with Crippen LogP contribution in [-0.2, 0) is 11.2 Å². The van der Waals surface area contributed by atoms with Gasteiger partial charge in [-0.25, -0.2) is 10.4 Å². The first-order valence-electron chi connectivity index (χ1n) is 7.83. The molecule has 5 nitrogen and oxygen atoms in total. The predicted octanol–water partition coefficient (Wildman–Crippen LogP) is 3.17. The average Bonchev–Trinajstić information content (AvgIpc) is 3.21. The van der Waals surface area contributed by atoms with Crippen LogP contribution in [0.2, 0.25) is 0 Å². The molecule has 0 radical (unpaired) electrons. The van der Waals surface area contributed by atoms with Gasteiger partial charge in [0.15, 0.2) is 5.13 Å². The van der Waals surface area contributed by atoms with Crippen molar-refractivity contribution in [3.8, 4) is 0 Å². The number of benzene rings is 2. The van der Waals surface area contributed by atoms with Crippen LogP contribution in [0.3, 0.4) is 0 Å². The van der Waals surface area contributed by atoms with Crippen LogP contribution in [0.1, 0.15) is 17.5 Å². The molecule has 0 saturated heterocycles. The molecule has 120 valence electrons. The summed E-state index contributed by atoms with van der Waals surface area (Å²) in [6.45, 7) is 0.151. The van der Waals surface area contributed by atoms with Crippen LogP contribution in [0.25, 0.3) is 10.2 Å². The van der Waals surface area contributed by atoms with Gasteiger partial charge in [0.1, 0.15) is 0 Å². The second kappa shape index (κ2) is 6.41. The van der Waals surface area contributed by atoms with Gasteiger partial charge in [0.25, 0.3) is 5.91 Å². The number of para-hydroxylation sites is 1. The Morgan fingerprint density at radius 3 is 2.88 bits per heavy atom. The number of fused-ring (bicyclic) bond motifs is 2. The molecule has 4 rings (SSSR count). The smallest absolute Gasteiger partial charge is 0.259 e. The summed E-state index contributed by atoms with van der Waals surface area (Å²) in [4.78, 5) is 16.4. The Hall–Kier alpha value is -2.73. The summed E-state index contributed by atoms with van der Waals surface area (Å²) in [6.07, 6.45) is 1.85. The van der Waals surface area contributed by atoms with Gasteiger partial charge >= 0.3 is 0 Å². The third kappa shape index (κ3) is 3.00. The molecule has 0 atom stereocenters. The molecule has 0 unspecified atom stereocenters. The fourth-order valence-corrected chi connectivity index (χ4v) is 3.66. The normalized spacial score (nSPS) is 14.8. The Bertz CT molecular complexity index is 898. The summed E-state index contributed by atoms with van der Waals surface area (Å²) in [7, 11) is 0. The lowest BCUT2D eigenvalue weighted by atomic mass is 10.1. The van der Waals surface area contributed by atoms with Crippen LogP contribution in [0.4, 0.5) is 5.13 Å². The Morgan fingerprint density at radius 1 is 1.12 bits per heavy atom. The standard InChI is InChI=1S/C18H16N4OS/c23-17(11-19-18-20-15-7-3-4-8-16(15)24-18)22-21-14-10-9-12-5-1-2-6-13(12)14/h1-8H,9-11H2,(H,19,20)(H,22,23)/b21-14+. The van der Waals surface area contributed by atoms with Crippen molar-refractivity contribution in [3.63, 3.8) is 0 Å². The fraction of sp³-hybridized carbons (Fsp3) is 0.167. The number of hydrazone groups is 1. The van der Waals surface area contributed by atoms with Gasteiger partial charge in [-0.3, -0.25) is 4.79 Å². The molecule has 1 aliphatic rings. The van der Waals surface area contributed by atoms with Crippen LogP contribution < -0.4 is 10.7 Å². The van der Waals surface area contributed by atoms with E-state index < -0.39 is 0 Å². The number of thiazole rings is 1. The number of amides is 1. The van der Waals surface area contributed by atoms with Gasteiger partial charge in [-0.15, -0.1) is 0 Å². The summed E-state index contributed by atoms with van der Waals surface area (Å²) < 4.78 is 1.10. The van der Waals surface area contributed by atoms with Gasteiger partial charge in [-0.2, -0.15) is 5.10 Å². The summed E-state index contributed by atoms with van der Waals surface area (Å²) in [5.74, 6) is -0.175. The highest BCUT2D eigenvalue weighted by molar-refractivity contribution is 7.22. The van der Waals surface area contributed by atoms with E-state index in [9.17, 15) is 4.79 Å². The Kier molecular flexibility index (Phi) is 3.96. The molecule has 0 saturated carbocycles. The third-order valence-electron chi connectivity index (χ3n) is 3.97. The Morgan fingerprint density at radius 2 is 1.96 bits per heavy atom. The quantitative estimate of drug-likeness (QED) is 0.719. The molecular weight excluding hydrogens is 320 g/mol. The number of aryl methyl sites for hydroxylation is 1. The maximum atomic E-state index is 12.0. The number of rotatable bonds is 4. The van der Waals surface area contributed by atoms with E-state index in [4.69, 9.17) is 0 Å². The topological polar surface area (TPSA) is 66.4 Å². The molecule has 1 aromatic heterocycles. The van der Waals surface area contributed by atoms with E-state index in [0.29, 0.717) is 0 Å². The van der Waals surface area contributed by atoms with Gasteiger partial charge in [0.05, 0.1) is 22.5 Å². The van der Waals surface area contributed by atoms with E-state index in [1.165, 1.54) is 16.9 Å². The lowest BCUT2D eigenvalue weighted by Gasteiger charge is -2.03. The van der Waals surface area contributed by atoms with Crippen LogP contribution in [-0.4, -0.2) is 23.1 Å². The molecule has 1 heterocycles. The monoisotopic (exact) mass is 336 g/mol. The third-order valence-corrected chi connectivity index (χ3v) is 4.96. The SMILES string of the molecule is O=C(CNc1nc2ccccc2s1)N/N=C1\CCc2ccccc21. The van der Waals surface area contributed by atoms with Gasteiger partial charge in [0.2, 0.25) is 0 Å². The van der Waals surface area contributed by atoms with Crippen LogP contribution in [0.15, 0.2) is 53.6 Å². The average molecular weight is 336 g/mol. The molecule has 2 aromatic carbocycles. The zero-order valence-corrected chi connectivity index (χ0v) is 13.8. The van der Waals surface area contributed by atoms with Crippen molar-refractivity contribution in [1.29, 1.82) is 0 Å². The number of hydrogen-bond acceptors (Lipinski definition) is 5. The van der Waals surface area contributed by atoms with Crippen molar-refractivity contribution in [3.05, 3.63) is 59.7 Å². The molecule has 1 aliphatic carbocycles. The van der Waals surface area contributed by atoms with Crippen molar-refractivity contribution in [1.82, 2.24) is 10.4 Å². The minimum Gasteiger partial charge on any atom is -0.352 e. The summed E-state index contributed by atoms with van der Waals surface area (Å²) in [6, 6.07) is 16.1. The lowest BCUT2D eigenvalue weighted by Crippen LogP contribution is -2.26. The molecule has 0 aliphatic heterocycles. The number of nitrogens with one attached hydrogen (secondary N) is 2. The maximum Gasteiger partial charge on any atom is 0.259 e. The van der Waals surface area contributed by atoms with Gasteiger partial charge in [-0.1, -0.05) is 47.7 Å². The zero-order chi connectivity index (χ0) is 16.4. The molecule has 3 aromatic rings. The zero-order valence-electron chi connectivity index (χ0n) is 13.0. The van der Waals surface area contributed by atoms with Crippen LogP contribution in [0, 0.1) is 0 Å². The lowest BCUT2D eigenvalue weighted by molar-refractivity contribution is -0.119. The number of anilines is 1. The largest absolute Gasteiger partial charge is 0.352 e. The summed E-state index contributed by atoms with van der Waals surface area (Å²) in [5.41, 5.74) is 6.94. The highest BCUT2D eigenvalue weighted by atomic mass is 32.1. The second-order valence-electron chi connectivity index (χ2n) is 5.59. The fourth-order valence-electron chi connectivity index (χ4n) is 2.80. The summed E-state index contributed by atoms with van der Waals surface area (Å²) in [5, 5.41) is 8.08. The first-order chi connectivity index (χ1) is 11.8. The van der Waals surface area contributed by atoms with Gasteiger partial charge in [0, 0.05) is 5.56 Å². The molecule has 0 fully saturated rings. The van der Waals surface area contributed by atoms with Gasteiger partial charge in [-0.05, 0) is 30.5 Å². The first kappa shape index (κ1) is 14.8. The van der Waals surface area contributed by atoms with Crippen molar-refractivity contribution in [2.75, 3.05) is 11.9 Å². The van der Waals surface area contributed by atoms with Gasteiger partial charge < -0.3 is 5.32 Å². The van der Waals surface area contributed by atoms with E-state index in [1.807, 2.05) is 42.5 Å². The highest BCUT2D eigenvalue weighted by Gasteiger charge is 2.17. The molecule has 24 heavy (non-hydrogen) atoms. The second-order valence-corrected chi connectivity index (χ2v) is 6.62. The molecular formula is C18H16N4OS. The minimum atomic E-state index is -0.175. The molecule has 6 heteroatoms. The van der Waals surface area contributed by atoms with Crippen molar-refractivity contribution >= 4 is 38.3 Å². The van der Waals surface area contributed by atoms with E-state index >= 15 is 0 Å². The van der Waals surface area contributed by atoms with Crippen LogP contribution in [0.5, 0.6) is 0 Å². The molecule has 0 bridgehead atoms.